The SMILES string of the molecule is CC(=O)c1ccc(N(S(=O)(=O)c2cccc(Cl)c2)S(=O)(=O)c2cccc(Cl)c2)cc1Cl. The normalized spacial score (nSPS) is 11.9. The molecular formula is C20H14Cl3NO5S2. The molecule has 0 aliphatic heterocycles. The van der Waals surface area contributed by atoms with E-state index in [0.717, 1.165) is 18.2 Å². The molecule has 3 aromatic rings. The first-order valence-corrected chi connectivity index (χ1v) is 12.6. The van der Waals surface area contributed by atoms with E-state index in [-0.39, 0.29) is 45.6 Å². The fourth-order valence-electron chi connectivity index (χ4n) is 2.76. The second-order valence-corrected chi connectivity index (χ2v) is 11.4. The Labute approximate surface area is 195 Å². The van der Waals surface area contributed by atoms with Crippen LogP contribution in [0.4, 0.5) is 5.69 Å². The molecule has 0 saturated carbocycles. The number of benzene rings is 3. The minimum atomic E-state index is -4.67. The molecule has 0 heterocycles. The van der Waals surface area contributed by atoms with Gasteiger partial charge in [-0.3, -0.25) is 4.79 Å². The van der Waals surface area contributed by atoms with Crippen LogP contribution in [-0.4, -0.2) is 22.6 Å². The van der Waals surface area contributed by atoms with Gasteiger partial charge in [0.05, 0.1) is 20.5 Å². The number of sulfonamides is 2. The molecular weight excluding hydrogens is 505 g/mol. The first-order chi connectivity index (χ1) is 14.4. The zero-order valence-electron chi connectivity index (χ0n) is 15.8. The fourth-order valence-corrected chi connectivity index (χ4v) is 7.34. The van der Waals surface area contributed by atoms with Crippen LogP contribution in [0.2, 0.25) is 15.1 Å². The van der Waals surface area contributed by atoms with E-state index in [1.165, 1.54) is 55.5 Å². The van der Waals surface area contributed by atoms with Gasteiger partial charge in [-0.2, -0.15) is 3.71 Å². The third-order valence-electron chi connectivity index (χ3n) is 4.17. The molecule has 0 aromatic heterocycles. The molecule has 31 heavy (non-hydrogen) atoms. The first kappa shape index (κ1) is 23.6. The molecule has 0 aliphatic rings. The lowest BCUT2D eigenvalue weighted by molar-refractivity contribution is 0.101. The lowest BCUT2D eigenvalue weighted by Crippen LogP contribution is -2.37. The summed E-state index contributed by atoms with van der Waals surface area (Å²) in [4.78, 5) is 11.0. The van der Waals surface area contributed by atoms with Gasteiger partial charge >= 0.3 is 0 Å². The molecule has 0 bridgehead atoms. The molecule has 3 aromatic carbocycles. The van der Waals surface area contributed by atoms with Crippen LogP contribution in [0.15, 0.2) is 76.5 Å². The summed E-state index contributed by atoms with van der Waals surface area (Å²) >= 11 is 18.0. The molecule has 0 radical (unpaired) electrons. The maximum atomic E-state index is 13.5. The summed E-state index contributed by atoms with van der Waals surface area (Å²) in [5.41, 5.74) is -0.166. The van der Waals surface area contributed by atoms with Gasteiger partial charge < -0.3 is 0 Å². The molecule has 3 rings (SSSR count). The number of hydrogen-bond donors (Lipinski definition) is 0. The highest BCUT2D eigenvalue weighted by Gasteiger charge is 2.37. The molecule has 0 aliphatic carbocycles. The molecule has 0 amide bonds. The van der Waals surface area contributed by atoms with Gasteiger partial charge in [-0.25, -0.2) is 16.8 Å². The van der Waals surface area contributed by atoms with Crippen molar-refractivity contribution in [2.75, 3.05) is 3.71 Å². The Bertz CT molecular complexity index is 1310. The Morgan fingerprint density at radius 2 is 1.23 bits per heavy atom. The number of carbonyl (C=O) groups is 1. The van der Waals surface area contributed by atoms with Gasteiger partial charge in [-0.15, -0.1) is 0 Å². The van der Waals surface area contributed by atoms with Crippen LogP contribution in [0, 0.1) is 0 Å². The summed E-state index contributed by atoms with van der Waals surface area (Å²) in [6.07, 6.45) is 0. The smallest absolute Gasteiger partial charge is 0.277 e. The van der Waals surface area contributed by atoms with Gasteiger partial charge in [0.25, 0.3) is 20.0 Å². The van der Waals surface area contributed by atoms with E-state index in [1.807, 2.05) is 0 Å². The van der Waals surface area contributed by atoms with Crippen molar-refractivity contribution in [3.8, 4) is 0 Å². The molecule has 0 fully saturated rings. The number of halogens is 3. The van der Waals surface area contributed by atoms with Gasteiger partial charge in [-0.05, 0) is 61.5 Å². The summed E-state index contributed by atoms with van der Waals surface area (Å²) < 4.78 is 54.1. The monoisotopic (exact) mass is 517 g/mol. The van der Waals surface area contributed by atoms with Crippen molar-refractivity contribution in [2.24, 2.45) is 0 Å². The second kappa shape index (κ2) is 8.80. The highest BCUT2D eigenvalue weighted by Crippen LogP contribution is 2.34. The number of carbonyl (C=O) groups excluding carboxylic acids is 1. The quantitative estimate of drug-likeness (QED) is 0.406. The van der Waals surface area contributed by atoms with Crippen molar-refractivity contribution in [1.29, 1.82) is 0 Å². The van der Waals surface area contributed by atoms with E-state index in [9.17, 15) is 21.6 Å². The number of Topliss-reactive ketones (excluding diaryl/α,β-unsaturated/α-hetero) is 1. The van der Waals surface area contributed by atoms with E-state index in [1.54, 1.807) is 0 Å². The lowest BCUT2D eigenvalue weighted by atomic mass is 10.1. The van der Waals surface area contributed by atoms with E-state index < -0.39 is 20.0 Å². The van der Waals surface area contributed by atoms with E-state index in [4.69, 9.17) is 34.8 Å². The van der Waals surface area contributed by atoms with E-state index in [0.29, 0.717) is 0 Å². The zero-order valence-corrected chi connectivity index (χ0v) is 19.7. The number of rotatable bonds is 6. The number of hydrogen-bond acceptors (Lipinski definition) is 5. The van der Waals surface area contributed by atoms with Gasteiger partial charge in [0.15, 0.2) is 5.78 Å². The topological polar surface area (TPSA) is 88.6 Å². The van der Waals surface area contributed by atoms with Gasteiger partial charge in [0.2, 0.25) is 0 Å². The molecule has 162 valence electrons. The van der Waals surface area contributed by atoms with Crippen LogP contribution in [0.3, 0.4) is 0 Å². The van der Waals surface area contributed by atoms with Crippen molar-refractivity contribution in [3.05, 3.63) is 87.4 Å². The Balaban J connectivity index is 2.32. The van der Waals surface area contributed by atoms with Crippen LogP contribution >= 0.6 is 34.8 Å². The third-order valence-corrected chi connectivity index (χ3v) is 9.12. The van der Waals surface area contributed by atoms with Gasteiger partial charge in [0, 0.05) is 15.6 Å². The Morgan fingerprint density at radius 1 is 0.742 bits per heavy atom. The first-order valence-electron chi connectivity index (χ1n) is 8.57. The number of ketones is 1. The number of nitrogens with zero attached hydrogens (tertiary/aromatic N) is 1. The van der Waals surface area contributed by atoms with Crippen LogP contribution in [0.5, 0.6) is 0 Å². The van der Waals surface area contributed by atoms with Gasteiger partial charge in [0.1, 0.15) is 0 Å². The van der Waals surface area contributed by atoms with Crippen LogP contribution in [0.1, 0.15) is 17.3 Å². The highest BCUT2D eigenvalue weighted by molar-refractivity contribution is 8.10. The summed E-state index contributed by atoms with van der Waals surface area (Å²) in [5.74, 6) is -0.363. The predicted octanol–water partition coefficient (Wildman–Crippen LogP) is 5.43. The molecule has 0 N–H and O–H groups in total. The standard InChI is InChI=1S/C20H14Cl3NO5S2/c1-13(25)19-9-8-16(12-20(19)23)24(30(26,27)17-6-2-4-14(21)10-17)31(28,29)18-7-3-5-15(22)11-18/h2-12H,1H3. The fraction of sp³-hybridized carbons (Fsp3) is 0.0500. The second-order valence-electron chi connectivity index (χ2n) is 6.34. The van der Waals surface area contributed by atoms with Crippen LogP contribution < -0.4 is 3.71 Å². The van der Waals surface area contributed by atoms with Crippen molar-refractivity contribution in [1.82, 2.24) is 0 Å². The lowest BCUT2D eigenvalue weighted by Gasteiger charge is -2.24. The third kappa shape index (κ3) is 4.73. The van der Waals surface area contributed by atoms with Gasteiger partial charge in [-0.1, -0.05) is 46.9 Å². The van der Waals surface area contributed by atoms with Crippen LogP contribution in [0.25, 0.3) is 0 Å². The largest absolute Gasteiger partial charge is 0.294 e. The Kier molecular flexibility index (Phi) is 6.69. The Morgan fingerprint density at radius 3 is 1.61 bits per heavy atom. The summed E-state index contributed by atoms with van der Waals surface area (Å²) in [6.45, 7) is 1.28. The predicted molar refractivity (Wildman–Crippen MR) is 121 cm³/mol. The molecule has 6 nitrogen and oxygen atoms in total. The van der Waals surface area contributed by atoms with E-state index in [2.05, 4.69) is 0 Å². The van der Waals surface area contributed by atoms with Crippen molar-refractivity contribution < 1.29 is 21.6 Å². The average Bonchev–Trinajstić information content (AvgIpc) is 2.67. The highest BCUT2D eigenvalue weighted by atomic mass is 35.5. The van der Waals surface area contributed by atoms with E-state index >= 15 is 0 Å². The molecule has 0 spiro atoms. The molecule has 0 unspecified atom stereocenters. The van der Waals surface area contributed by atoms with Crippen molar-refractivity contribution >= 4 is 66.3 Å². The molecule has 11 heteroatoms. The minimum absolute atomic E-state index is 0.0995. The maximum Gasteiger partial charge on any atom is 0.277 e. The van der Waals surface area contributed by atoms with Crippen LogP contribution in [-0.2, 0) is 20.0 Å². The molecule has 0 saturated heterocycles. The number of anilines is 1. The maximum absolute atomic E-state index is 13.5. The summed E-state index contributed by atoms with van der Waals surface area (Å²) in [7, 11) is -9.34. The molecule has 0 atom stereocenters. The van der Waals surface area contributed by atoms with Crippen molar-refractivity contribution in [3.63, 3.8) is 0 Å². The zero-order chi connectivity index (χ0) is 23.0. The summed E-state index contributed by atoms with van der Waals surface area (Å²) in [5, 5.41) is 0.106. The summed E-state index contributed by atoms with van der Waals surface area (Å²) in [6, 6.07) is 13.9. The van der Waals surface area contributed by atoms with Crippen molar-refractivity contribution in [2.45, 2.75) is 16.7 Å². The Hall–Kier alpha value is -2.10. The minimum Gasteiger partial charge on any atom is -0.294 e. The average molecular weight is 519 g/mol.